The number of carbonyl (C=O) groups excluding carboxylic acids is 1. The second-order valence-electron chi connectivity index (χ2n) is 6.05. The highest BCUT2D eigenvalue weighted by atomic mass is 32.2. The van der Waals surface area contributed by atoms with E-state index >= 15 is 0 Å². The Labute approximate surface area is 157 Å². The molecule has 6 nitrogen and oxygen atoms in total. The van der Waals surface area contributed by atoms with Crippen LogP contribution in [0.2, 0.25) is 0 Å². The van der Waals surface area contributed by atoms with Gasteiger partial charge in [0, 0.05) is 5.69 Å². The van der Waals surface area contributed by atoms with Gasteiger partial charge in [-0.2, -0.15) is 10.5 Å². The minimum Gasteiger partial charge on any atom is -0.325 e. The fourth-order valence-corrected chi connectivity index (χ4v) is 3.31. The van der Waals surface area contributed by atoms with Crippen LogP contribution in [0.3, 0.4) is 0 Å². The van der Waals surface area contributed by atoms with Crippen molar-refractivity contribution < 1.29 is 9.78 Å². The predicted octanol–water partition coefficient (Wildman–Crippen LogP) is 3.07. The van der Waals surface area contributed by atoms with Crippen molar-refractivity contribution in [2.24, 2.45) is 0 Å². The molecule has 1 heterocycles. The highest BCUT2D eigenvalue weighted by Gasteiger charge is 2.22. The molecule has 1 aromatic heterocycles. The standard InChI is InChI=1S/C19H19N5OS/c1-11(2)15-6-4-5-7-16(15)23-18(25)12(3)26-19-14(10-21)8-13(9-20)17(22)24-19/h4-8,11-12H,1-3H3,(H2,22,24)(H,23,25)/p+1/t12-/m0/s1. The Morgan fingerprint density at radius 3 is 2.46 bits per heavy atom. The lowest BCUT2D eigenvalue weighted by molar-refractivity contribution is -0.410. The Hall–Kier alpha value is -3.03. The highest BCUT2D eigenvalue weighted by Crippen LogP contribution is 2.27. The molecule has 0 spiro atoms. The van der Waals surface area contributed by atoms with E-state index in [9.17, 15) is 10.1 Å². The van der Waals surface area contributed by atoms with Gasteiger partial charge in [0.15, 0.2) is 5.03 Å². The number of para-hydroxylation sites is 1. The predicted molar refractivity (Wildman–Crippen MR) is 101 cm³/mol. The monoisotopic (exact) mass is 366 g/mol. The molecule has 0 saturated carbocycles. The van der Waals surface area contributed by atoms with Crippen LogP contribution < -0.4 is 16.0 Å². The van der Waals surface area contributed by atoms with Gasteiger partial charge in [0.05, 0.1) is 5.25 Å². The molecule has 0 saturated heterocycles. The first kappa shape index (κ1) is 19.3. The average molecular weight is 366 g/mol. The summed E-state index contributed by atoms with van der Waals surface area (Å²) >= 11 is 1.19. The van der Waals surface area contributed by atoms with Crippen LogP contribution >= 0.6 is 11.8 Å². The van der Waals surface area contributed by atoms with Gasteiger partial charge in [0.25, 0.3) is 5.82 Å². The van der Waals surface area contributed by atoms with Crippen LogP contribution in [0.1, 0.15) is 43.4 Å². The number of rotatable bonds is 5. The number of aromatic amines is 1. The van der Waals surface area contributed by atoms with Gasteiger partial charge >= 0.3 is 0 Å². The van der Waals surface area contributed by atoms with Gasteiger partial charge in [-0.15, -0.1) is 0 Å². The van der Waals surface area contributed by atoms with Gasteiger partial charge in [-0.3, -0.25) is 10.5 Å². The number of nitrogens with one attached hydrogen (secondary N) is 2. The molecule has 0 aliphatic rings. The lowest BCUT2D eigenvalue weighted by Gasteiger charge is -2.16. The van der Waals surface area contributed by atoms with Gasteiger partial charge in [0.1, 0.15) is 23.3 Å². The number of amides is 1. The average Bonchev–Trinajstić information content (AvgIpc) is 2.62. The number of anilines is 2. The minimum atomic E-state index is -0.467. The van der Waals surface area contributed by atoms with Gasteiger partial charge in [-0.05, 0) is 30.5 Å². The molecule has 0 bridgehead atoms. The Morgan fingerprint density at radius 1 is 1.19 bits per heavy atom. The molecular weight excluding hydrogens is 346 g/mol. The van der Waals surface area contributed by atoms with Crippen molar-refractivity contribution in [3.63, 3.8) is 0 Å². The smallest absolute Gasteiger partial charge is 0.289 e. The quantitative estimate of drug-likeness (QED) is 0.789. The second-order valence-corrected chi connectivity index (χ2v) is 7.41. The topological polar surface area (TPSA) is 117 Å². The molecule has 26 heavy (non-hydrogen) atoms. The molecule has 4 N–H and O–H groups in total. The van der Waals surface area contributed by atoms with E-state index in [2.05, 4.69) is 24.1 Å². The fourth-order valence-electron chi connectivity index (χ4n) is 2.39. The molecule has 0 radical (unpaired) electrons. The number of benzene rings is 1. The first-order valence-corrected chi connectivity index (χ1v) is 8.97. The maximum absolute atomic E-state index is 12.6. The van der Waals surface area contributed by atoms with Crippen molar-refractivity contribution >= 4 is 29.2 Å². The first-order chi connectivity index (χ1) is 12.4. The molecule has 132 valence electrons. The molecular formula is C19H20N5OS+. The van der Waals surface area contributed by atoms with Crippen LogP contribution in [-0.2, 0) is 4.79 Å². The van der Waals surface area contributed by atoms with Crippen LogP contribution in [0.4, 0.5) is 11.5 Å². The number of nitriles is 2. The summed E-state index contributed by atoms with van der Waals surface area (Å²) in [5.41, 5.74) is 8.11. The fraction of sp³-hybridized carbons (Fsp3) is 0.263. The van der Waals surface area contributed by atoms with E-state index < -0.39 is 5.25 Å². The van der Waals surface area contributed by atoms with Crippen molar-refractivity contribution in [2.45, 2.75) is 37.0 Å². The van der Waals surface area contributed by atoms with Gasteiger partial charge < -0.3 is 5.32 Å². The van der Waals surface area contributed by atoms with Crippen molar-refractivity contribution in [2.75, 3.05) is 11.1 Å². The van der Waals surface area contributed by atoms with Crippen molar-refractivity contribution in [1.82, 2.24) is 0 Å². The Morgan fingerprint density at radius 2 is 1.85 bits per heavy atom. The van der Waals surface area contributed by atoms with Crippen LogP contribution in [0.15, 0.2) is 35.4 Å². The molecule has 0 aliphatic heterocycles. The van der Waals surface area contributed by atoms with Crippen molar-refractivity contribution in [3.8, 4) is 12.1 Å². The third-order valence-electron chi connectivity index (χ3n) is 3.82. The summed E-state index contributed by atoms with van der Waals surface area (Å²) < 4.78 is 0. The molecule has 7 heteroatoms. The number of nitrogen functional groups attached to an aromatic ring is 1. The van der Waals surface area contributed by atoms with E-state index in [0.29, 0.717) is 5.03 Å². The number of carbonyl (C=O) groups is 1. The number of pyridine rings is 1. The molecule has 1 aromatic carbocycles. The summed E-state index contributed by atoms with van der Waals surface area (Å²) in [6.45, 7) is 5.88. The molecule has 0 unspecified atom stereocenters. The molecule has 2 rings (SSSR count). The van der Waals surface area contributed by atoms with Crippen LogP contribution in [-0.4, -0.2) is 11.2 Å². The van der Waals surface area contributed by atoms with E-state index in [1.807, 2.05) is 36.4 Å². The zero-order chi connectivity index (χ0) is 19.3. The van der Waals surface area contributed by atoms with E-state index in [1.165, 1.54) is 17.8 Å². The molecule has 0 fully saturated rings. The maximum atomic E-state index is 12.6. The lowest BCUT2D eigenvalue weighted by Crippen LogP contribution is -2.25. The number of hydrogen-bond donors (Lipinski definition) is 2. The second kappa shape index (κ2) is 8.37. The van der Waals surface area contributed by atoms with Gasteiger partial charge in [-0.1, -0.05) is 43.8 Å². The summed E-state index contributed by atoms with van der Waals surface area (Å²) in [6, 6.07) is 13.1. The number of nitrogens with two attached hydrogens (primary N) is 1. The molecule has 1 atom stereocenters. The van der Waals surface area contributed by atoms with E-state index in [-0.39, 0.29) is 28.8 Å². The number of H-pyrrole nitrogens is 1. The normalized spacial score (nSPS) is 11.5. The summed E-state index contributed by atoms with van der Waals surface area (Å²) in [6.07, 6.45) is 0. The maximum Gasteiger partial charge on any atom is 0.289 e. The lowest BCUT2D eigenvalue weighted by atomic mass is 10.0. The van der Waals surface area contributed by atoms with E-state index in [4.69, 9.17) is 11.0 Å². The largest absolute Gasteiger partial charge is 0.325 e. The van der Waals surface area contributed by atoms with Gasteiger partial charge in [-0.25, -0.2) is 4.98 Å². The molecule has 0 aliphatic carbocycles. The SMILES string of the molecule is CC(C)c1ccccc1NC(=O)[C@H](C)Sc1[nH+]c(N)c(C#N)cc1C#N. The van der Waals surface area contributed by atoms with Crippen LogP contribution in [0.5, 0.6) is 0 Å². The first-order valence-electron chi connectivity index (χ1n) is 8.09. The zero-order valence-corrected chi connectivity index (χ0v) is 15.6. The number of nitrogens with zero attached hydrogens (tertiary/aromatic N) is 2. The minimum absolute atomic E-state index is 0.173. The molecule has 2 aromatic rings. The summed E-state index contributed by atoms with van der Waals surface area (Å²) in [5.74, 6) is 0.279. The summed E-state index contributed by atoms with van der Waals surface area (Å²) in [5, 5.41) is 21.2. The summed E-state index contributed by atoms with van der Waals surface area (Å²) in [4.78, 5) is 15.4. The van der Waals surface area contributed by atoms with Crippen LogP contribution in [0.25, 0.3) is 0 Å². The number of hydrogen-bond acceptors (Lipinski definition) is 5. The Balaban J connectivity index is 2.20. The molecule has 1 amide bonds. The highest BCUT2D eigenvalue weighted by molar-refractivity contribution is 8.00. The third-order valence-corrected chi connectivity index (χ3v) is 4.94. The third kappa shape index (κ3) is 4.33. The Kier molecular flexibility index (Phi) is 6.21. The number of aromatic nitrogens is 1. The Bertz CT molecular complexity index is 911. The number of thioether (sulfide) groups is 1. The van der Waals surface area contributed by atoms with E-state index in [1.54, 1.807) is 6.92 Å². The van der Waals surface area contributed by atoms with E-state index in [0.717, 1.165) is 11.3 Å². The van der Waals surface area contributed by atoms with Gasteiger partial charge in [0.2, 0.25) is 5.91 Å². The summed E-state index contributed by atoms with van der Waals surface area (Å²) in [7, 11) is 0. The van der Waals surface area contributed by atoms with Crippen molar-refractivity contribution in [3.05, 3.63) is 47.0 Å². The van der Waals surface area contributed by atoms with Crippen molar-refractivity contribution in [1.29, 1.82) is 10.5 Å². The van der Waals surface area contributed by atoms with Crippen LogP contribution in [0, 0.1) is 22.7 Å². The zero-order valence-electron chi connectivity index (χ0n) is 14.8.